The molecule has 2 N–H and O–H groups in total. The second kappa shape index (κ2) is 20.9. The first-order valence-corrected chi connectivity index (χ1v) is 13.8. The number of hydrogen-bond donors (Lipinski definition) is 2. The van der Waals surface area contributed by atoms with Crippen molar-refractivity contribution < 1.29 is 19.7 Å². The van der Waals surface area contributed by atoms with Gasteiger partial charge in [-0.25, -0.2) is 4.79 Å². The summed E-state index contributed by atoms with van der Waals surface area (Å²) in [5, 5.41) is 19.1. The molecule has 4 heteroatoms. The molecule has 1 rings (SSSR count). The summed E-state index contributed by atoms with van der Waals surface area (Å²) in [5.74, 6) is -1.30. The highest BCUT2D eigenvalue weighted by Crippen LogP contribution is 2.28. The fraction of sp³-hybridized carbons (Fsp3) is 0.759. The minimum Gasteiger partial charge on any atom is -0.504 e. The Morgan fingerprint density at radius 3 is 1.45 bits per heavy atom. The zero-order valence-electron chi connectivity index (χ0n) is 21.3. The Morgan fingerprint density at radius 1 is 0.636 bits per heavy atom. The van der Waals surface area contributed by atoms with Crippen molar-refractivity contribution in [1.82, 2.24) is 0 Å². The van der Waals surface area contributed by atoms with Gasteiger partial charge in [-0.2, -0.15) is 0 Å². The lowest BCUT2D eigenvalue weighted by Crippen LogP contribution is -2.06. The van der Waals surface area contributed by atoms with Crippen molar-refractivity contribution in [3.8, 4) is 11.5 Å². The molecule has 0 fully saturated rings. The summed E-state index contributed by atoms with van der Waals surface area (Å²) in [5.41, 5.74) is 0.0168. The molecular weight excluding hydrogens is 412 g/mol. The third-order valence-electron chi connectivity index (χ3n) is 6.47. The largest absolute Gasteiger partial charge is 0.504 e. The molecule has 0 saturated carbocycles. The van der Waals surface area contributed by atoms with Crippen LogP contribution < -0.4 is 0 Å². The standard InChI is InChI=1S/C29H50O4/c1-2-3-4-5-6-7-8-9-10-11-12-13-14-15-16-17-18-19-20-21-25-33-29(32)26-23-22-24-27(30)28(26)31/h22-24,30-31H,2-21,25H2,1H3. The second-order valence-corrected chi connectivity index (χ2v) is 9.53. The summed E-state index contributed by atoms with van der Waals surface area (Å²) in [6, 6.07) is 4.31. The van der Waals surface area contributed by atoms with E-state index in [1.165, 1.54) is 134 Å². The lowest BCUT2D eigenvalue weighted by molar-refractivity contribution is 0.0493. The summed E-state index contributed by atoms with van der Waals surface area (Å²) in [6.07, 6.45) is 26.8. The van der Waals surface area contributed by atoms with E-state index in [1.54, 1.807) is 0 Å². The fourth-order valence-corrected chi connectivity index (χ4v) is 4.30. The van der Waals surface area contributed by atoms with Gasteiger partial charge in [-0.3, -0.25) is 0 Å². The van der Waals surface area contributed by atoms with Crippen LogP contribution in [-0.4, -0.2) is 22.8 Å². The molecule has 33 heavy (non-hydrogen) atoms. The monoisotopic (exact) mass is 462 g/mol. The third-order valence-corrected chi connectivity index (χ3v) is 6.47. The molecule has 0 aliphatic rings. The fourth-order valence-electron chi connectivity index (χ4n) is 4.30. The van der Waals surface area contributed by atoms with Gasteiger partial charge in [0.2, 0.25) is 0 Å². The molecule has 0 atom stereocenters. The number of ether oxygens (including phenoxy) is 1. The van der Waals surface area contributed by atoms with Gasteiger partial charge < -0.3 is 14.9 Å². The lowest BCUT2D eigenvalue weighted by Gasteiger charge is -2.07. The minimum atomic E-state index is -0.582. The molecule has 1 aromatic rings. The van der Waals surface area contributed by atoms with E-state index < -0.39 is 11.7 Å². The second-order valence-electron chi connectivity index (χ2n) is 9.53. The van der Waals surface area contributed by atoms with Crippen molar-refractivity contribution in [2.45, 2.75) is 135 Å². The van der Waals surface area contributed by atoms with E-state index >= 15 is 0 Å². The molecule has 190 valence electrons. The predicted molar refractivity (Wildman–Crippen MR) is 138 cm³/mol. The molecule has 0 aromatic heterocycles. The van der Waals surface area contributed by atoms with Crippen molar-refractivity contribution in [3.05, 3.63) is 23.8 Å². The van der Waals surface area contributed by atoms with Gasteiger partial charge in [-0.05, 0) is 18.6 Å². The quantitative estimate of drug-likeness (QED) is 0.102. The molecule has 0 aliphatic carbocycles. The van der Waals surface area contributed by atoms with Gasteiger partial charge in [0.15, 0.2) is 11.5 Å². The summed E-state index contributed by atoms with van der Waals surface area (Å²) >= 11 is 0. The van der Waals surface area contributed by atoms with Gasteiger partial charge >= 0.3 is 5.97 Å². The van der Waals surface area contributed by atoms with Crippen LogP contribution in [0, 0.1) is 0 Å². The zero-order valence-corrected chi connectivity index (χ0v) is 21.3. The first-order chi connectivity index (χ1) is 16.2. The van der Waals surface area contributed by atoms with Gasteiger partial charge in [-0.1, -0.05) is 135 Å². The molecule has 0 spiro atoms. The van der Waals surface area contributed by atoms with Gasteiger partial charge in [-0.15, -0.1) is 0 Å². The number of phenols is 2. The molecule has 0 radical (unpaired) electrons. The normalized spacial score (nSPS) is 11.1. The van der Waals surface area contributed by atoms with Gasteiger partial charge in [0, 0.05) is 0 Å². The van der Waals surface area contributed by atoms with Gasteiger partial charge in [0.05, 0.1) is 6.61 Å². The smallest absolute Gasteiger partial charge is 0.342 e. The number of aromatic hydroxyl groups is 2. The first kappa shape index (κ1) is 29.3. The van der Waals surface area contributed by atoms with Crippen molar-refractivity contribution >= 4 is 5.97 Å². The molecule has 0 unspecified atom stereocenters. The van der Waals surface area contributed by atoms with Crippen LogP contribution in [0.3, 0.4) is 0 Å². The molecular formula is C29H50O4. The molecule has 0 saturated heterocycles. The van der Waals surface area contributed by atoms with E-state index in [4.69, 9.17) is 4.74 Å². The van der Waals surface area contributed by atoms with Crippen LogP contribution in [0.4, 0.5) is 0 Å². The summed E-state index contributed by atoms with van der Waals surface area (Å²) in [4.78, 5) is 11.9. The summed E-state index contributed by atoms with van der Waals surface area (Å²) in [7, 11) is 0. The molecule has 4 nitrogen and oxygen atoms in total. The first-order valence-electron chi connectivity index (χ1n) is 13.8. The average molecular weight is 463 g/mol. The van der Waals surface area contributed by atoms with Crippen LogP contribution in [0.5, 0.6) is 11.5 Å². The van der Waals surface area contributed by atoms with Crippen LogP contribution in [0.25, 0.3) is 0 Å². The van der Waals surface area contributed by atoms with Crippen molar-refractivity contribution in [3.63, 3.8) is 0 Å². The van der Waals surface area contributed by atoms with Crippen LogP contribution in [0.2, 0.25) is 0 Å². The molecule has 1 aromatic carbocycles. The number of hydrogen-bond acceptors (Lipinski definition) is 4. The number of unbranched alkanes of at least 4 members (excludes halogenated alkanes) is 19. The Labute approximate surface area is 203 Å². The molecule has 0 heterocycles. The zero-order chi connectivity index (χ0) is 24.0. The Bertz CT molecular complexity index is 599. The van der Waals surface area contributed by atoms with Crippen molar-refractivity contribution in [2.75, 3.05) is 6.61 Å². The molecule has 0 amide bonds. The number of para-hydroxylation sites is 1. The summed E-state index contributed by atoms with van der Waals surface area (Å²) in [6.45, 7) is 2.63. The number of carbonyl (C=O) groups excluding carboxylic acids is 1. The van der Waals surface area contributed by atoms with E-state index in [1.807, 2.05) is 0 Å². The average Bonchev–Trinajstić information content (AvgIpc) is 2.81. The predicted octanol–water partition coefficient (Wildman–Crippen LogP) is 9.08. The Balaban J connectivity index is 1.78. The summed E-state index contributed by atoms with van der Waals surface area (Å²) < 4.78 is 5.19. The van der Waals surface area contributed by atoms with E-state index in [0.717, 1.165) is 12.8 Å². The van der Waals surface area contributed by atoms with E-state index in [-0.39, 0.29) is 11.3 Å². The molecule has 0 aliphatic heterocycles. The highest BCUT2D eigenvalue weighted by molar-refractivity contribution is 5.93. The van der Waals surface area contributed by atoms with Gasteiger partial charge in [0.25, 0.3) is 0 Å². The maximum absolute atomic E-state index is 11.9. The highest BCUT2D eigenvalue weighted by Gasteiger charge is 2.14. The van der Waals surface area contributed by atoms with E-state index in [0.29, 0.717) is 6.61 Å². The molecule has 0 bridgehead atoms. The Morgan fingerprint density at radius 2 is 1.03 bits per heavy atom. The van der Waals surface area contributed by atoms with Crippen LogP contribution in [-0.2, 0) is 4.74 Å². The SMILES string of the molecule is CCCCCCCCCCCCCCCCCCCCCCOC(=O)c1cccc(O)c1O. The lowest BCUT2D eigenvalue weighted by atomic mass is 10.0. The maximum Gasteiger partial charge on any atom is 0.342 e. The minimum absolute atomic E-state index is 0.0168. The van der Waals surface area contributed by atoms with E-state index in [9.17, 15) is 15.0 Å². The van der Waals surface area contributed by atoms with Crippen molar-refractivity contribution in [1.29, 1.82) is 0 Å². The van der Waals surface area contributed by atoms with Crippen LogP contribution in [0.1, 0.15) is 146 Å². The number of benzene rings is 1. The Hall–Kier alpha value is -1.71. The number of phenolic OH excluding ortho intramolecular Hbond substituents is 2. The topological polar surface area (TPSA) is 66.8 Å². The van der Waals surface area contributed by atoms with Gasteiger partial charge in [0.1, 0.15) is 5.56 Å². The Kier molecular flexibility index (Phi) is 18.5. The van der Waals surface area contributed by atoms with Crippen LogP contribution >= 0.6 is 0 Å². The number of carbonyl (C=O) groups is 1. The van der Waals surface area contributed by atoms with E-state index in [2.05, 4.69) is 6.92 Å². The van der Waals surface area contributed by atoms with Crippen molar-refractivity contribution in [2.24, 2.45) is 0 Å². The van der Waals surface area contributed by atoms with Crippen LogP contribution in [0.15, 0.2) is 18.2 Å². The maximum atomic E-state index is 11.9. The highest BCUT2D eigenvalue weighted by atomic mass is 16.5. The number of esters is 1. The third kappa shape index (κ3) is 15.7. The number of rotatable bonds is 22.